The highest BCUT2D eigenvalue weighted by molar-refractivity contribution is 7.53. The van der Waals surface area contributed by atoms with Crippen LogP contribution >= 0.6 is 8.17 Å². The summed E-state index contributed by atoms with van der Waals surface area (Å²) in [5, 5.41) is 20.2. The van der Waals surface area contributed by atoms with Crippen molar-refractivity contribution in [3.05, 3.63) is 112 Å². The zero-order chi connectivity index (χ0) is 31.1. The molecule has 0 aliphatic carbocycles. The highest BCUT2D eigenvalue weighted by Crippen LogP contribution is 2.50. The van der Waals surface area contributed by atoms with Crippen LogP contribution in [-0.4, -0.2) is 36.8 Å². The second-order valence-corrected chi connectivity index (χ2v) is 11.2. The molecule has 5 aromatic rings. The third kappa shape index (κ3) is 6.18. The number of aromatic carboxylic acids is 1. The van der Waals surface area contributed by atoms with Crippen molar-refractivity contribution in [2.45, 2.75) is 13.8 Å². The third-order valence-electron chi connectivity index (χ3n) is 6.97. The summed E-state index contributed by atoms with van der Waals surface area (Å²) >= 11 is 0. The van der Waals surface area contributed by atoms with E-state index < -0.39 is 20.1 Å². The van der Waals surface area contributed by atoms with Crippen molar-refractivity contribution in [3.63, 3.8) is 0 Å². The maximum Gasteiger partial charge on any atom is 0.613 e. The minimum atomic E-state index is -4.71. The monoisotopic (exact) mass is 601 g/mol. The standard InChI is InChI=1S/C32H26NO9P/c1-18-14-22(31(35)36)15-19(2)30(18)41-32(37)29-24-6-4-5-7-26(24)33(3)27-17-21(10-13-25(27)29)28(42-43(38,39)40)16-20-8-11-23(34)12-9-20/h4-17,38-40H,1-3H3/p+2. The molecule has 43 heavy (non-hydrogen) atoms. The maximum atomic E-state index is 13.9. The first-order valence-corrected chi connectivity index (χ1v) is 14.6. The first kappa shape index (κ1) is 29.6. The molecule has 0 radical (unpaired) electrons. The second kappa shape index (κ2) is 11.4. The van der Waals surface area contributed by atoms with E-state index in [1.165, 1.54) is 30.3 Å². The molecule has 0 fully saturated rings. The molecule has 1 heterocycles. The van der Waals surface area contributed by atoms with Gasteiger partial charge in [-0.1, -0.05) is 24.3 Å². The quantitative estimate of drug-likeness (QED) is 0.0321. The molecule has 0 spiro atoms. The van der Waals surface area contributed by atoms with Gasteiger partial charge < -0.3 is 14.9 Å². The number of hydrogen-bond donors (Lipinski definition) is 5. The Morgan fingerprint density at radius 3 is 2.07 bits per heavy atom. The van der Waals surface area contributed by atoms with E-state index in [1.54, 1.807) is 56.3 Å². The first-order chi connectivity index (χ1) is 20.3. The number of rotatable bonds is 7. The molecule has 0 amide bonds. The van der Waals surface area contributed by atoms with Crippen molar-refractivity contribution in [1.29, 1.82) is 0 Å². The lowest BCUT2D eigenvalue weighted by Gasteiger charge is -2.14. The van der Waals surface area contributed by atoms with E-state index in [2.05, 4.69) is 0 Å². The third-order valence-corrected chi connectivity index (χ3v) is 7.41. The van der Waals surface area contributed by atoms with Crippen LogP contribution in [0.5, 0.6) is 11.5 Å². The number of pyridine rings is 1. The number of phenols is 1. The van der Waals surface area contributed by atoms with Crippen LogP contribution in [0.25, 0.3) is 33.6 Å². The molecule has 218 valence electrons. The van der Waals surface area contributed by atoms with Crippen LogP contribution < -0.4 is 9.30 Å². The predicted octanol–water partition coefficient (Wildman–Crippen LogP) is 5.23. The number of esters is 1. The summed E-state index contributed by atoms with van der Waals surface area (Å²) in [6, 6.07) is 21.2. The van der Waals surface area contributed by atoms with Crippen LogP contribution in [0.4, 0.5) is 0 Å². The second-order valence-electron chi connectivity index (χ2n) is 10.0. The number of aryl methyl sites for hydroxylation is 3. The molecule has 5 N–H and O–H groups in total. The normalized spacial score (nSPS) is 12.0. The Kier molecular flexibility index (Phi) is 7.88. The van der Waals surface area contributed by atoms with Crippen LogP contribution in [0.15, 0.2) is 78.9 Å². The van der Waals surface area contributed by atoms with Crippen molar-refractivity contribution in [1.82, 2.24) is 0 Å². The Bertz CT molecular complexity index is 1920. The van der Waals surface area contributed by atoms with Gasteiger partial charge >= 0.3 is 20.1 Å². The number of hydrogen-bond acceptors (Lipinski definition) is 8. The topological polar surface area (TPSA) is 158 Å². The SMILES string of the molecule is Cc1cc(C(=O)O)cc(C)c1OC(=O)c1c2ccccc2[n+](C)c2cc(C(=Cc3ccc(O)cc3)O[P+](O)(O)O)ccc12. The van der Waals surface area contributed by atoms with Gasteiger partial charge in [-0.2, -0.15) is 19.2 Å². The molecule has 0 saturated carbocycles. The summed E-state index contributed by atoms with van der Waals surface area (Å²) in [4.78, 5) is 54.6. The van der Waals surface area contributed by atoms with Gasteiger partial charge in [0.05, 0.1) is 21.9 Å². The molecular weight excluding hydrogens is 573 g/mol. The van der Waals surface area contributed by atoms with E-state index in [1.807, 2.05) is 23.7 Å². The molecule has 0 aliphatic heterocycles. The van der Waals surface area contributed by atoms with Gasteiger partial charge in [0.15, 0.2) is 5.76 Å². The number of aromatic nitrogens is 1. The van der Waals surface area contributed by atoms with E-state index in [0.29, 0.717) is 44.1 Å². The number of benzene rings is 4. The average Bonchev–Trinajstić information content (AvgIpc) is 2.95. The van der Waals surface area contributed by atoms with Crippen LogP contribution in [0.2, 0.25) is 0 Å². The number of carbonyl (C=O) groups excluding carboxylic acids is 1. The van der Waals surface area contributed by atoms with E-state index in [-0.39, 0.29) is 28.4 Å². The summed E-state index contributed by atoms with van der Waals surface area (Å²) in [7, 11) is -2.90. The van der Waals surface area contributed by atoms with Crippen molar-refractivity contribution >= 4 is 53.7 Å². The number of fused-ring (bicyclic) bond motifs is 2. The Balaban J connectivity index is 1.68. The molecule has 11 heteroatoms. The Labute approximate surface area is 246 Å². The lowest BCUT2D eigenvalue weighted by Crippen LogP contribution is -2.31. The van der Waals surface area contributed by atoms with Gasteiger partial charge in [0.25, 0.3) is 0 Å². The number of carboxylic acids is 1. The van der Waals surface area contributed by atoms with Crippen molar-refractivity contribution in [2.24, 2.45) is 7.05 Å². The Morgan fingerprint density at radius 1 is 0.814 bits per heavy atom. The number of carbonyl (C=O) groups is 2. The van der Waals surface area contributed by atoms with E-state index in [9.17, 15) is 34.5 Å². The molecule has 5 rings (SSSR count). The minimum absolute atomic E-state index is 0.0418. The lowest BCUT2D eigenvalue weighted by atomic mass is 9.99. The zero-order valence-electron chi connectivity index (χ0n) is 23.3. The van der Waals surface area contributed by atoms with Gasteiger partial charge in [0.1, 0.15) is 18.5 Å². The fourth-order valence-electron chi connectivity index (χ4n) is 5.04. The molecule has 10 nitrogen and oxygen atoms in total. The van der Waals surface area contributed by atoms with Gasteiger partial charge in [-0.05, 0) is 79.1 Å². The highest BCUT2D eigenvalue weighted by Gasteiger charge is 2.37. The Morgan fingerprint density at radius 2 is 1.44 bits per heavy atom. The maximum absolute atomic E-state index is 13.9. The van der Waals surface area contributed by atoms with Crippen molar-refractivity contribution in [3.8, 4) is 11.5 Å². The smallest absolute Gasteiger partial charge is 0.508 e. The summed E-state index contributed by atoms with van der Waals surface area (Å²) in [6.45, 7) is 3.34. The molecule has 1 aromatic heterocycles. The van der Waals surface area contributed by atoms with Gasteiger partial charge in [0.2, 0.25) is 11.0 Å². The summed E-state index contributed by atoms with van der Waals surface area (Å²) in [5.74, 6) is -1.49. The molecule has 0 unspecified atom stereocenters. The van der Waals surface area contributed by atoms with Gasteiger partial charge in [-0.25, -0.2) is 9.59 Å². The number of aromatic hydroxyl groups is 1. The highest BCUT2D eigenvalue weighted by atomic mass is 31.2. The first-order valence-electron chi connectivity index (χ1n) is 13.0. The zero-order valence-corrected chi connectivity index (χ0v) is 24.2. The van der Waals surface area contributed by atoms with E-state index in [4.69, 9.17) is 9.26 Å². The average molecular weight is 602 g/mol. The molecule has 0 atom stereocenters. The summed E-state index contributed by atoms with van der Waals surface area (Å²) in [5.41, 5.74) is 3.53. The fourth-order valence-corrected chi connectivity index (χ4v) is 5.46. The largest absolute Gasteiger partial charge is 0.613 e. The number of ether oxygens (including phenoxy) is 1. The van der Waals surface area contributed by atoms with Crippen molar-refractivity contribution < 1.29 is 48.3 Å². The van der Waals surface area contributed by atoms with Crippen LogP contribution in [0.1, 0.15) is 43.0 Å². The van der Waals surface area contributed by atoms with E-state index >= 15 is 0 Å². The molecule has 4 aromatic carbocycles. The fraction of sp³-hybridized carbons (Fsp3) is 0.0938. The van der Waals surface area contributed by atoms with E-state index in [0.717, 1.165) is 0 Å². The summed E-state index contributed by atoms with van der Waals surface area (Å²) in [6.07, 6.45) is 1.47. The molecule has 0 saturated heterocycles. The minimum Gasteiger partial charge on any atom is -0.508 e. The van der Waals surface area contributed by atoms with Crippen LogP contribution in [0, 0.1) is 13.8 Å². The molecule has 0 bridgehead atoms. The van der Waals surface area contributed by atoms with Gasteiger partial charge in [-0.15, -0.1) is 0 Å². The summed E-state index contributed by atoms with van der Waals surface area (Å²) < 4.78 is 12.9. The van der Waals surface area contributed by atoms with Gasteiger partial charge in [0, 0.05) is 17.7 Å². The van der Waals surface area contributed by atoms with Crippen LogP contribution in [0.3, 0.4) is 0 Å². The number of phenolic OH excluding ortho intramolecular Hbond substituents is 1. The van der Waals surface area contributed by atoms with Gasteiger partial charge in [-0.3, -0.25) is 4.52 Å². The Hall–Kier alpha value is -4.86. The number of para-hydroxylation sites is 1. The number of carboxylic acid groups (broad SMARTS) is 1. The lowest BCUT2D eigenvalue weighted by molar-refractivity contribution is -0.617. The molecule has 0 aliphatic rings. The predicted molar refractivity (Wildman–Crippen MR) is 161 cm³/mol. The van der Waals surface area contributed by atoms with Crippen molar-refractivity contribution in [2.75, 3.05) is 0 Å². The molecular formula is C32H28NO9P+2. The van der Waals surface area contributed by atoms with Crippen LogP contribution in [-0.2, 0) is 11.6 Å². The number of nitrogens with zero attached hydrogens (tertiary/aromatic N) is 1.